The molecule has 0 aromatic heterocycles. The number of rotatable bonds is 5. The highest BCUT2D eigenvalue weighted by Gasteiger charge is 2.05. The molecule has 0 N–H and O–H groups in total. The maximum absolute atomic E-state index is 4.57. The van der Waals surface area contributed by atoms with Crippen molar-refractivity contribution in [3.05, 3.63) is 108 Å². The van der Waals surface area contributed by atoms with Gasteiger partial charge in [0.25, 0.3) is 0 Å². The molecule has 0 saturated carbocycles. The van der Waals surface area contributed by atoms with Crippen molar-refractivity contribution in [2.75, 3.05) is 0 Å². The maximum atomic E-state index is 4.57. The maximum Gasteiger partial charge on any atom is 0.0746 e. The Bertz CT molecular complexity index is 820. The van der Waals surface area contributed by atoms with E-state index in [1.807, 2.05) is 61.5 Å². The third-order valence-corrected chi connectivity index (χ3v) is 3.83. The lowest BCUT2D eigenvalue weighted by Crippen LogP contribution is -2.05. The molecule has 118 valence electrons. The SMILES string of the molecule is C/C(=N\N=C(/Cc1ccccc1)c1ccccc1)c1ccccc1. The van der Waals surface area contributed by atoms with E-state index in [1.165, 1.54) is 5.56 Å². The van der Waals surface area contributed by atoms with Gasteiger partial charge in [-0.2, -0.15) is 10.2 Å². The lowest BCUT2D eigenvalue weighted by atomic mass is 10.0. The minimum Gasteiger partial charge on any atom is -0.155 e. The Morgan fingerprint density at radius 1 is 0.625 bits per heavy atom. The molecule has 0 aliphatic rings. The molecule has 2 nitrogen and oxygen atoms in total. The number of hydrogen-bond acceptors (Lipinski definition) is 2. The summed E-state index contributed by atoms with van der Waals surface area (Å²) < 4.78 is 0. The van der Waals surface area contributed by atoms with Gasteiger partial charge in [0, 0.05) is 6.42 Å². The molecule has 0 radical (unpaired) electrons. The lowest BCUT2D eigenvalue weighted by molar-refractivity contribution is 1.18. The molecule has 0 fully saturated rings. The number of hydrogen-bond donors (Lipinski definition) is 0. The average molecular weight is 312 g/mol. The van der Waals surface area contributed by atoms with Crippen LogP contribution in [0.1, 0.15) is 23.6 Å². The third kappa shape index (κ3) is 4.26. The van der Waals surface area contributed by atoms with Gasteiger partial charge >= 0.3 is 0 Å². The highest BCUT2D eigenvalue weighted by molar-refractivity contribution is 6.03. The van der Waals surface area contributed by atoms with Crippen molar-refractivity contribution < 1.29 is 0 Å². The van der Waals surface area contributed by atoms with E-state index in [0.717, 1.165) is 29.0 Å². The summed E-state index contributed by atoms with van der Waals surface area (Å²) >= 11 is 0. The molecule has 0 amide bonds. The van der Waals surface area contributed by atoms with E-state index in [0.29, 0.717) is 0 Å². The van der Waals surface area contributed by atoms with Crippen molar-refractivity contribution >= 4 is 11.4 Å². The molecule has 0 saturated heterocycles. The van der Waals surface area contributed by atoms with E-state index in [1.54, 1.807) is 0 Å². The Morgan fingerprint density at radius 3 is 1.71 bits per heavy atom. The van der Waals surface area contributed by atoms with Crippen LogP contribution in [0, 0.1) is 0 Å². The average Bonchev–Trinajstić information content (AvgIpc) is 2.67. The molecule has 3 rings (SSSR count). The van der Waals surface area contributed by atoms with Crippen LogP contribution in [0.25, 0.3) is 0 Å². The predicted octanol–water partition coefficient (Wildman–Crippen LogP) is 5.14. The normalized spacial score (nSPS) is 12.2. The zero-order valence-corrected chi connectivity index (χ0v) is 13.8. The fourth-order valence-corrected chi connectivity index (χ4v) is 2.49. The summed E-state index contributed by atoms with van der Waals surface area (Å²) in [5.41, 5.74) is 5.31. The van der Waals surface area contributed by atoms with Crippen LogP contribution in [0.4, 0.5) is 0 Å². The summed E-state index contributed by atoms with van der Waals surface area (Å²) in [7, 11) is 0. The van der Waals surface area contributed by atoms with Crippen LogP contribution in [0.5, 0.6) is 0 Å². The first-order valence-corrected chi connectivity index (χ1v) is 8.09. The van der Waals surface area contributed by atoms with Crippen LogP contribution in [0.2, 0.25) is 0 Å². The van der Waals surface area contributed by atoms with E-state index in [2.05, 4.69) is 46.6 Å². The first-order valence-electron chi connectivity index (χ1n) is 8.09. The molecule has 0 aliphatic carbocycles. The summed E-state index contributed by atoms with van der Waals surface area (Å²) in [6.07, 6.45) is 0.760. The van der Waals surface area contributed by atoms with Gasteiger partial charge in [-0.3, -0.25) is 0 Å². The monoisotopic (exact) mass is 312 g/mol. The fourth-order valence-electron chi connectivity index (χ4n) is 2.49. The van der Waals surface area contributed by atoms with E-state index in [4.69, 9.17) is 0 Å². The first kappa shape index (κ1) is 15.9. The van der Waals surface area contributed by atoms with Gasteiger partial charge in [0.2, 0.25) is 0 Å². The lowest BCUT2D eigenvalue weighted by Gasteiger charge is -2.06. The minimum absolute atomic E-state index is 0.760. The Labute approximate surface area is 143 Å². The molecule has 0 spiro atoms. The second-order valence-electron chi connectivity index (χ2n) is 5.63. The zero-order chi connectivity index (χ0) is 16.6. The summed E-state index contributed by atoms with van der Waals surface area (Å²) in [5, 5.41) is 9.04. The number of nitrogens with zero attached hydrogens (tertiary/aromatic N) is 2. The first-order chi connectivity index (χ1) is 11.8. The van der Waals surface area contributed by atoms with Crippen molar-refractivity contribution in [1.29, 1.82) is 0 Å². The van der Waals surface area contributed by atoms with Crippen molar-refractivity contribution in [2.24, 2.45) is 10.2 Å². The van der Waals surface area contributed by atoms with Gasteiger partial charge < -0.3 is 0 Å². The summed E-state index contributed by atoms with van der Waals surface area (Å²) in [5.74, 6) is 0. The van der Waals surface area contributed by atoms with E-state index in [-0.39, 0.29) is 0 Å². The van der Waals surface area contributed by atoms with Crippen molar-refractivity contribution in [2.45, 2.75) is 13.3 Å². The van der Waals surface area contributed by atoms with E-state index >= 15 is 0 Å². The summed E-state index contributed by atoms with van der Waals surface area (Å²) in [4.78, 5) is 0. The molecule has 0 bridgehead atoms. The predicted molar refractivity (Wildman–Crippen MR) is 102 cm³/mol. The van der Waals surface area contributed by atoms with Crippen molar-refractivity contribution in [3.63, 3.8) is 0 Å². The summed E-state index contributed by atoms with van der Waals surface area (Å²) in [6, 6.07) is 30.7. The van der Waals surface area contributed by atoms with Gasteiger partial charge in [0.05, 0.1) is 11.4 Å². The zero-order valence-electron chi connectivity index (χ0n) is 13.8. The molecule has 0 unspecified atom stereocenters. The molecule has 3 aromatic rings. The Morgan fingerprint density at radius 2 is 1.12 bits per heavy atom. The summed E-state index contributed by atoms with van der Waals surface area (Å²) in [6.45, 7) is 1.99. The van der Waals surface area contributed by atoms with Crippen LogP contribution in [0.15, 0.2) is 101 Å². The smallest absolute Gasteiger partial charge is 0.0746 e. The molecular weight excluding hydrogens is 292 g/mol. The van der Waals surface area contributed by atoms with Crippen LogP contribution in [-0.2, 0) is 6.42 Å². The standard InChI is InChI=1S/C22H20N2/c1-18(20-13-7-3-8-14-20)23-24-22(21-15-9-4-10-16-21)17-19-11-5-2-6-12-19/h2-16H,17H2,1H3/b23-18+,24-22+. The molecular formula is C22H20N2. The van der Waals surface area contributed by atoms with Gasteiger partial charge in [0.1, 0.15) is 0 Å². The second kappa shape index (κ2) is 8.02. The van der Waals surface area contributed by atoms with Crippen LogP contribution in [0.3, 0.4) is 0 Å². The van der Waals surface area contributed by atoms with Gasteiger partial charge in [-0.1, -0.05) is 91.0 Å². The van der Waals surface area contributed by atoms with Gasteiger partial charge in [-0.15, -0.1) is 0 Å². The topological polar surface area (TPSA) is 24.7 Å². The van der Waals surface area contributed by atoms with Gasteiger partial charge in [-0.25, -0.2) is 0 Å². The van der Waals surface area contributed by atoms with Crippen molar-refractivity contribution in [3.8, 4) is 0 Å². The molecule has 24 heavy (non-hydrogen) atoms. The Balaban J connectivity index is 1.92. The quantitative estimate of drug-likeness (QED) is 0.460. The molecule has 2 heteroatoms. The molecule has 3 aromatic carbocycles. The van der Waals surface area contributed by atoms with Crippen LogP contribution in [-0.4, -0.2) is 11.4 Å². The Kier molecular flexibility index (Phi) is 5.31. The molecule has 0 aliphatic heterocycles. The number of benzene rings is 3. The largest absolute Gasteiger partial charge is 0.155 e. The Hall–Kier alpha value is -3.00. The third-order valence-electron chi connectivity index (χ3n) is 3.83. The van der Waals surface area contributed by atoms with Crippen molar-refractivity contribution in [1.82, 2.24) is 0 Å². The van der Waals surface area contributed by atoms with E-state index < -0.39 is 0 Å². The molecule has 0 atom stereocenters. The highest BCUT2D eigenvalue weighted by Crippen LogP contribution is 2.10. The highest BCUT2D eigenvalue weighted by atomic mass is 15.2. The van der Waals surface area contributed by atoms with Gasteiger partial charge in [-0.05, 0) is 23.6 Å². The molecule has 0 heterocycles. The van der Waals surface area contributed by atoms with E-state index in [9.17, 15) is 0 Å². The fraction of sp³-hybridized carbons (Fsp3) is 0.0909. The van der Waals surface area contributed by atoms with Crippen LogP contribution >= 0.6 is 0 Å². The van der Waals surface area contributed by atoms with Crippen LogP contribution < -0.4 is 0 Å². The van der Waals surface area contributed by atoms with Gasteiger partial charge in [0.15, 0.2) is 0 Å². The minimum atomic E-state index is 0.760. The second-order valence-corrected chi connectivity index (χ2v) is 5.63.